The molecule has 0 aliphatic rings. The molecule has 0 amide bonds. The van der Waals surface area contributed by atoms with Gasteiger partial charge in [0.15, 0.2) is 0 Å². The molecule has 0 atom stereocenters. The van der Waals surface area contributed by atoms with E-state index in [9.17, 15) is 0 Å². The average molecular weight is 235 g/mol. The first kappa shape index (κ1) is 14.1. The molecule has 0 spiro atoms. The lowest BCUT2D eigenvalue weighted by molar-refractivity contribution is 0.349. The van der Waals surface area contributed by atoms with Gasteiger partial charge < -0.3 is 10.2 Å². The molecule has 1 heterocycles. The SMILES string of the molecule is CCN(C)CCNCc1ccc(C(C)C)nc1. The van der Waals surface area contributed by atoms with Gasteiger partial charge in [-0.1, -0.05) is 26.8 Å². The van der Waals surface area contributed by atoms with Crippen molar-refractivity contribution in [3.05, 3.63) is 29.6 Å². The zero-order valence-electron chi connectivity index (χ0n) is 11.5. The summed E-state index contributed by atoms with van der Waals surface area (Å²) in [6.45, 7) is 10.6. The Balaban J connectivity index is 2.28. The summed E-state index contributed by atoms with van der Waals surface area (Å²) in [7, 11) is 2.14. The molecule has 0 radical (unpaired) electrons. The van der Waals surface area contributed by atoms with E-state index in [1.807, 2.05) is 6.20 Å². The van der Waals surface area contributed by atoms with Crippen LogP contribution in [0.5, 0.6) is 0 Å². The number of aromatic nitrogens is 1. The Morgan fingerprint density at radius 1 is 1.35 bits per heavy atom. The number of hydrogen-bond acceptors (Lipinski definition) is 3. The molecule has 0 bridgehead atoms. The van der Waals surface area contributed by atoms with E-state index in [1.54, 1.807) is 0 Å². The molecule has 1 aromatic rings. The molecule has 0 saturated heterocycles. The molecular formula is C14H25N3. The highest BCUT2D eigenvalue weighted by Gasteiger charge is 2.00. The van der Waals surface area contributed by atoms with E-state index in [4.69, 9.17) is 0 Å². The van der Waals surface area contributed by atoms with Crippen molar-refractivity contribution in [1.29, 1.82) is 0 Å². The van der Waals surface area contributed by atoms with Crippen molar-refractivity contribution < 1.29 is 0 Å². The molecule has 1 N–H and O–H groups in total. The third-order valence-corrected chi connectivity index (χ3v) is 2.98. The van der Waals surface area contributed by atoms with Gasteiger partial charge in [-0.25, -0.2) is 0 Å². The van der Waals surface area contributed by atoms with Crippen molar-refractivity contribution in [2.24, 2.45) is 0 Å². The minimum Gasteiger partial charge on any atom is -0.311 e. The molecule has 17 heavy (non-hydrogen) atoms. The standard InChI is InChI=1S/C14H25N3/c1-5-17(4)9-8-15-10-13-6-7-14(12(2)3)16-11-13/h6-7,11-12,15H,5,8-10H2,1-4H3. The summed E-state index contributed by atoms with van der Waals surface area (Å²) in [6.07, 6.45) is 1.98. The number of nitrogens with zero attached hydrogens (tertiary/aromatic N) is 2. The van der Waals surface area contributed by atoms with E-state index in [0.717, 1.165) is 26.2 Å². The molecule has 0 saturated carbocycles. The molecular weight excluding hydrogens is 210 g/mol. The number of rotatable bonds is 7. The van der Waals surface area contributed by atoms with Crippen molar-refractivity contribution in [3.8, 4) is 0 Å². The lowest BCUT2D eigenvalue weighted by Gasteiger charge is -2.14. The maximum atomic E-state index is 4.46. The van der Waals surface area contributed by atoms with Crippen LogP contribution in [0.1, 0.15) is 37.9 Å². The van der Waals surface area contributed by atoms with Gasteiger partial charge >= 0.3 is 0 Å². The number of likely N-dealkylation sites (N-methyl/N-ethyl adjacent to an activating group) is 1. The lowest BCUT2D eigenvalue weighted by atomic mass is 10.1. The van der Waals surface area contributed by atoms with Crippen molar-refractivity contribution in [1.82, 2.24) is 15.2 Å². The zero-order chi connectivity index (χ0) is 12.7. The average Bonchev–Trinajstić information content (AvgIpc) is 2.34. The van der Waals surface area contributed by atoms with Gasteiger partial charge in [-0.05, 0) is 31.1 Å². The molecule has 3 nitrogen and oxygen atoms in total. The Morgan fingerprint density at radius 2 is 2.12 bits per heavy atom. The first-order valence-electron chi connectivity index (χ1n) is 6.47. The van der Waals surface area contributed by atoms with E-state index in [0.29, 0.717) is 5.92 Å². The fourth-order valence-corrected chi connectivity index (χ4v) is 1.54. The van der Waals surface area contributed by atoms with Crippen molar-refractivity contribution in [2.75, 3.05) is 26.7 Å². The van der Waals surface area contributed by atoms with Crippen LogP contribution in [0.2, 0.25) is 0 Å². The Bertz CT molecular complexity index is 306. The van der Waals surface area contributed by atoms with Crippen molar-refractivity contribution in [3.63, 3.8) is 0 Å². The van der Waals surface area contributed by atoms with Gasteiger partial charge in [-0.15, -0.1) is 0 Å². The molecule has 1 aromatic heterocycles. The monoisotopic (exact) mass is 235 g/mol. The topological polar surface area (TPSA) is 28.2 Å². The lowest BCUT2D eigenvalue weighted by Crippen LogP contribution is -2.28. The summed E-state index contributed by atoms with van der Waals surface area (Å²) in [5.74, 6) is 0.509. The first-order valence-corrected chi connectivity index (χ1v) is 6.47. The fraction of sp³-hybridized carbons (Fsp3) is 0.643. The van der Waals surface area contributed by atoms with Gasteiger partial charge in [0.25, 0.3) is 0 Å². The molecule has 0 aliphatic carbocycles. The normalized spacial score (nSPS) is 11.4. The second-order valence-corrected chi connectivity index (χ2v) is 4.82. The van der Waals surface area contributed by atoms with Gasteiger partial charge in [0.2, 0.25) is 0 Å². The van der Waals surface area contributed by atoms with Crippen molar-refractivity contribution >= 4 is 0 Å². The molecule has 0 aliphatic heterocycles. The third-order valence-electron chi connectivity index (χ3n) is 2.98. The highest BCUT2D eigenvalue weighted by molar-refractivity contribution is 5.15. The summed E-state index contributed by atoms with van der Waals surface area (Å²) in [5, 5.41) is 3.43. The summed E-state index contributed by atoms with van der Waals surface area (Å²) in [5.41, 5.74) is 2.42. The minimum absolute atomic E-state index is 0.509. The summed E-state index contributed by atoms with van der Waals surface area (Å²) in [6, 6.07) is 4.29. The summed E-state index contributed by atoms with van der Waals surface area (Å²) < 4.78 is 0. The van der Waals surface area contributed by atoms with Crippen LogP contribution in [-0.2, 0) is 6.54 Å². The Morgan fingerprint density at radius 3 is 2.65 bits per heavy atom. The summed E-state index contributed by atoms with van der Waals surface area (Å²) >= 11 is 0. The summed E-state index contributed by atoms with van der Waals surface area (Å²) in [4.78, 5) is 6.76. The van der Waals surface area contributed by atoms with Gasteiger partial charge in [-0.2, -0.15) is 0 Å². The highest BCUT2D eigenvalue weighted by Crippen LogP contribution is 2.10. The smallest absolute Gasteiger partial charge is 0.0429 e. The van der Waals surface area contributed by atoms with Gasteiger partial charge in [0, 0.05) is 31.5 Å². The largest absolute Gasteiger partial charge is 0.311 e. The van der Waals surface area contributed by atoms with Crippen LogP contribution in [0, 0.1) is 0 Å². The molecule has 0 fully saturated rings. The quantitative estimate of drug-likeness (QED) is 0.735. The maximum absolute atomic E-state index is 4.46. The number of hydrogen-bond donors (Lipinski definition) is 1. The Labute approximate surface area is 105 Å². The Kier molecular flexibility index (Phi) is 6.16. The molecule has 0 unspecified atom stereocenters. The van der Waals surface area contributed by atoms with Crippen molar-refractivity contribution in [2.45, 2.75) is 33.2 Å². The predicted molar refractivity (Wildman–Crippen MR) is 73.2 cm³/mol. The van der Waals surface area contributed by atoms with Crippen LogP contribution in [0.15, 0.2) is 18.3 Å². The van der Waals surface area contributed by atoms with E-state index in [1.165, 1.54) is 11.3 Å². The molecule has 1 rings (SSSR count). The van der Waals surface area contributed by atoms with Crippen LogP contribution in [-0.4, -0.2) is 36.6 Å². The predicted octanol–water partition coefficient (Wildman–Crippen LogP) is 2.25. The highest BCUT2D eigenvalue weighted by atomic mass is 15.1. The van der Waals surface area contributed by atoms with Crippen LogP contribution < -0.4 is 5.32 Å². The van der Waals surface area contributed by atoms with E-state index >= 15 is 0 Å². The van der Waals surface area contributed by atoms with Gasteiger partial charge in [0.05, 0.1) is 0 Å². The third kappa shape index (κ3) is 5.29. The van der Waals surface area contributed by atoms with E-state index in [-0.39, 0.29) is 0 Å². The fourth-order valence-electron chi connectivity index (χ4n) is 1.54. The second-order valence-electron chi connectivity index (χ2n) is 4.82. The van der Waals surface area contributed by atoms with E-state index < -0.39 is 0 Å². The minimum atomic E-state index is 0.509. The van der Waals surface area contributed by atoms with E-state index in [2.05, 4.69) is 55.2 Å². The van der Waals surface area contributed by atoms with Crippen LogP contribution in [0.3, 0.4) is 0 Å². The number of pyridine rings is 1. The maximum Gasteiger partial charge on any atom is 0.0429 e. The van der Waals surface area contributed by atoms with Crippen LogP contribution in [0.4, 0.5) is 0 Å². The molecule has 96 valence electrons. The molecule has 0 aromatic carbocycles. The Hall–Kier alpha value is -0.930. The van der Waals surface area contributed by atoms with Gasteiger partial charge in [0.1, 0.15) is 0 Å². The zero-order valence-corrected chi connectivity index (χ0v) is 11.5. The number of nitrogens with one attached hydrogen (secondary N) is 1. The first-order chi connectivity index (χ1) is 8.13. The van der Waals surface area contributed by atoms with Crippen LogP contribution in [0.25, 0.3) is 0 Å². The van der Waals surface area contributed by atoms with Crippen LogP contribution >= 0.6 is 0 Å². The second kappa shape index (κ2) is 7.41. The molecule has 3 heteroatoms. The van der Waals surface area contributed by atoms with Gasteiger partial charge in [-0.3, -0.25) is 4.98 Å².